The van der Waals surface area contributed by atoms with Gasteiger partial charge in [-0.3, -0.25) is 0 Å². The van der Waals surface area contributed by atoms with Gasteiger partial charge in [0.2, 0.25) is 0 Å². The Morgan fingerprint density at radius 2 is 0.863 bits per heavy atom. The summed E-state index contributed by atoms with van der Waals surface area (Å²) in [5, 5.41) is 6.63. The van der Waals surface area contributed by atoms with Gasteiger partial charge in [0.05, 0.1) is 22.4 Å². The lowest BCUT2D eigenvalue weighted by Gasteiger charge is -2.13. The zero-order valence-electron chi connectivity index (χ0n) is 27.2. The number of fused-ring (bicyclic) bond motifs is 9. The summed E-state index contributed by atoms with van der Waals surface area (Å²) < 4.78 is 14.9. The third-order valence-corrected chi connectivity index (χ3v) is 10.0. The number of benzene rings is 7. The lowest BCUT2D eigenvalue weighted by molar-refractivity contribution is 0.668. The van der Waals surface area contributed by atoms with E-state index in [2.05, 4.69) is 120 Å². The third kappa shape index (κ3) is 4.22. The Labute approximate surface area is 291 Å². The van der Waals surface area contributed by atoms with E-state index in [0.29, 0.717) is 5.82 Å². The highest BCUT2D eigenvalue weighted by molar-refractivity contribution is 6.14. The van der Waals surface area contributed by atoms with Crippen molar-refractivity contribution in [2.75, 3.05) is 0 Å². The van der Waals surface area contributed by atoms with Gasteiger partial charge in [0.1, 0.15) is 22.3 Å². The highest BCUT2D eigenvalue weighted by Crippen LogP contribution is 2.41. The van der Waals surface area contributed by atoms with Gasteiger partial charge in [-0.05, 0) is 54.6 Å². The molecule has 0 saturated carbocycles. The van der Waals surface area contributed by atoms with Crippen molar-refractivity contribution in [2.45, 2.75) is 0 Å². The molecule has 0 unspecified atom stereocenters. The van der Waals surface area contributed by atoms with Gasteiger partial charge in [-0.25, -0.2) is 9.97 Å². The van der Waals surface area contributed by atoms with Crippen molar-refractivity contribution in [1.82, 2.24) is 14.5 Å². The average molecular weight is 654 g/mol. The Bertz CT molecular complexity index is 2980. The second kappa shape index (κ2) is 10.8. The Kier molecular flexibility index (Phi) is 5.89. The summed E-state index contributed by atoms with van der Waals surface area (Å²) in [4.78, 5) is 10.7. The van der Waals surface area contributed by atoms with Crippen LogP contribution in [0, 0.1) is 0 Å². The maximum Gasteiger partial charge on any atom is 0.160 e. The van der Waals surface area contributed by atoms with Crippen LogP contribution in [0.1, 0.15) is 0 Å². The molecule has 0 fully saturated rings. The van der Waals surface area contributed by atoms with E-state index >= 15 is 0 Å². The summed E-state index contributed by atoms with van der Waals surface area (Å²) in [5.41, 5.74) is 11.3. The van der Waals surface area contributed by atoms with Gasteiger partial charge in [0.25, 0.3) is 0 Å². The Hall–Kier alpha value is -6.98. The molecular weight excluding hydrogens is 627 g/mol. The molecule has 51 heavy (non-hydrogen) atoms. The van der Waals surface area contributed by atoms with Gasteiger partial charge in [-0.15, -0.1) is 0 Å². The fourth-order valence-corrected chi connectivity index (χ4v) is 7.81. The maximum absolute atomic E-state index is 6.31. The van der Waals surface area contributed by atoms with Crippen LogP contribution in [-0.4, -0.2) is 14.5 Å². The van der Waals surface area contributed by atoms with Crippen molar-refractivity contribution < 1.29 is 8.83 Å². The smallest absolute Gasteiger partial charge is 0.160 e. The molecule has 7 aromatic carbocycles. The topological polar surface area (TPSA) is 57.0 Å². The molecule has 0 bridgehead atoms. The molecule has 4 heterocycles. The van der Waals surface area contributed by atoms with Crippen LogP contribution < -0.4 is 0 Å². The number of nitrogens with zero attached hydrogens (tertiary/aromatic N) is 3. The molecule has 5 heteroatoms. The van der Waals surface area contributed by atoms with Crippen LogP contribution in [0.15, 0.2) is 173 Å². The Morgan fingerprint density at radius 1 is 0.392 bits per heavy atom. The maximum atomic E-state index is 6.31. The van der Waals surface area contributed by atoms with Crippen molar-refractivity contribution in [2.24, 2.45) is 0 Å². The van der Waals surface area contributed by atoms with E-state index in [-0.39, 0.29) is 0 Å². The number of rotatable bonds is 4. The van der Waals surface area contributed by atoms with Crippen LogP contribution in [0.4, 0.5) is 0 Å². The highest BCUT2D eigenvalue weighted by atomic mass is 16.3. The van der Waals surface area contributed by atoms with Gasteiger partial charge < -0.3 is 13.4 Å². The third-order valence-electron chi connectivity index (χ3n) is 10.0. The molecule has 0 aliphatic carbocycles. The first-order valence-corrected chi connectivity index (χ1v) is 17.1. The number of hydrogen-bond donors (Lipinski definition) is 0. The van der Waals surface area contributed by atoms with Crippen molar-refractivity contribution in [3.8, 4) is 39.6 Å². The number of aromatic nitrogens is 3. The molecule has 0 amide bonds. The van der Waals surface area contributed by atoms with Crippen molar-refractivity contribution in [3.05, 3.63) is 164 Å². The predicted molar refractivity (Wildman–Crippen MR) is 207 cm³/mol. The zero-order chi connectivity index (χ0) is 33.5. The van der Waals surface area contributed by atoms with Crippen molar-refractivity contribution >= 4 is 65.7 Å². The minimum atomic E-state index is 0.639. The van der Waals surface area contributed by atoms with E-state index in [1.54, 1.807) is 0 Å². The molecule has 0 aliphatic rings. The molecule has 0 radical (unpaired) electrons. The van der Waals surface area contributed by atoms with Crippen molar-refractivity contribution in [1.29, 1.82) is 0 Å². The first kappa shape index (κ1) is 27.9. The molecule has 0 aliphatic heterocycles. The summed E-state index contributed by atoms with van der Waals surface area (Å²) in [6.45, 7) is 0. The molecule has 11 rings (SSSR count). The van der Waals surface area contributed by atoms with E-state index in [0.717, 1.165) is 88.7 Å². The highest BCUT2D eigenvalue weighted by Gasteiger charge is 2.20. The quantitative estimate of drug-likeness (QED) is 0.190. The van der Waals surface area contributed by atoms with Crippen LogP contribution in [0.5, 0.6) is 0 Å². The fraction of sp³-hybridized carbons (Fsp3) is 0. The normalized spacial score (nSPS) is 11.9. The molecule has 0 spiro atoms. The molecule has 5 nitrogen and oxygen atoms in total. The van der Waals surface area contributed by atoms with E-state index in [1.165, 1.54) is 10.8 Å². The van der Waals surface area contributed by atoms with E-state index in [1.807, 2.05) is 48.5 Å². The van der Waals surface area contributed by atoms with E-state index < -0.39 is 0 Å². The number of furan rings is 2. The summed E-state index contributed by atoms with van der Waals surface area (Å²) in [5.74, 6) is 0.639. The first-order valence-electron chi connectivity index (χ1n) is 17.1. The van der Waals surface area contributed by atoms with Crippen LogP contribution >= 0.6 is 0 Å². The minimum absolute atomic E-state index is 0.639. The van der Waals surface area contributed by atoms with Crippen molar-refractivity contribution in [3.63, 3.8) is 0 Å². The molecular formula is C46H27N3O2. The minimum Gasteiger partial charge on any atom is -0.456 e. The lowest BCUT2D eigenvalue weighted by Crippen LogP contribution is -1.98. The molecule has 11 aromatic rings. The van der Waals surface area contributed by atoms with Gasteiger partial charge in [-0.1, -0.05) is 109 Å². The zero-order valence-corrected chi connectivity index (χ0v) is 27.2. The molecule has 0 saturated heterocycles. The SMILES string of the molecule is c1cc(-c2nc(-c3cccc4oc5ccccc5c34)cc(-c3cccc4oc5ccccc5c34)n2)cc(-n2c3ccccc3c3ccccc32)c1. The monoisotopic (exact) mass is 653 g/mol. The van der Waals surface area contributed by atoms with Crippen LogP contribution in [0.3, 0.4) is 0 Å². The second-order valence-corrected chi connectivity index (χ2v) is 12.9. The average Bonchev–Trinajstić information content (AvgIpc) is 3.87. The van der Waals surface area contributed by atoms with Crippen LogP contribution in [0.25, 0.3) is 105 Å². The summed E-state index contributed by atoms with van der Waals surface area (Å²) in [6.07, 6.45) is 0. The van der Waals surface area contributed by atoms with Gasteiger partial charge in [-0.2, -0.15) is 0 Å². The molecule has 0 N–H and O–H groups in total. The predicted octanol–water partition coefficient (Wildman–Crippen LogP) is 12.4. The Morgan fingerprint density at radius 3 is 1.43 bits per heavy atom. The van der Waals surface area contributed by atoms with Gasteiger partial charge in [0.15, 0.2) is 5.82 Å². The van der Waals surface area contributed by atoms with Gasteiger partial charge >= 0.3 is 0 Å². The second-order valence-electron chi connectivity index (χ2n) is 12.9. The van der Waals surface area contributed by atoms with E-state index in [9.17, 15) is 0 Å². The van der Waals surface area contributed by atoms with Crippen LogP contribution in [-0.2, 0) is 0 Å². The molecule has 238 valence electrons. The number of hydrogen-bond acceptors (Lipinski definition) is 4. The Balaban J connectivity index is 1.19. The fourth-order valence-electron chi connectivity index (χ4n) is 7.81. The first-order chi connectivity index (χ1) is 25.3. The molecule has 0 atom stereocenters. The summed E-state index contributed by atoms with van der Waals surface area (Å²) in [6, 6.07) is 56.5. The van der Waals surface area contributed by atoms with Gasteiger partial charge in [0, 0.05) is 54.7 Å². The summed E-state index contributed by atoms with van der Waals surface area (Å²) in [7, 11) is 0. The standard InChI is InChI=1S/C46H27N3O2/c1-5-20-38-30(14-1)31-15-2-6-21-39(31)49(38)29-13-9-12-28(26-29)46-47-36(32-18-10-24-42-44(32)34-16-3-7-22-40(34)50-42)27-37(48-46)33-19-11-25-43-45(33)35-17-4-8-23-41(35)51-43/h1-27H. The van der Waals surface area contributed by atoms with Crippen LogP contribution in [0.2, 0.25) is 0 Å². The largest absolute Gasteiger partial charge is 0.456 e. The molecule has 4 aromatic heterocycles. The number of para-hydroxylation sites is 4. The van der Waals surface area contributed by atoms with E-state index in [4.69, 9.17) is 18.8 Å². The lowest BCUT2D eigenvalue weighted by atomic mass is 9.99. The summed E-state index contributed by atoms with van der Waals surface area (Å²) >= 11 is 0.